The Hall–Kier alpha value is -3.73. The highest BCUT2D eigenvalue weighted by Gasteiger charge is 2.20. The highest BCUT2D eigenvalue weighted by atomic mass is 16.5. The molecule has 1 heterocycles. The predicted octanol–water partition coefficient (Wildman–Crippen LogP) is 3.79. The first kappa shape index (κ1) is 23.9. The van der Waals surface area contributed by atoms with Crippen molar-refractivity contribution in [2.75, 3.05) is 19.0 Å². The molecule has 2 amide bonds. The minimum atomic E-state index is -0.655. The Balaban J connectivity index is 1.58. The summed E-state index contributed by atoms with van der Waals surface area (Å²) in [4.78, 5) is 24.5. The van der Waals surface area contributed by atoms with Gasteiger partial charge in [-0.2, -0.15) is 5.26 Å². The fourth-order valence-corrected chi connectivity index (χ4v) is 4.28. The van der Waals surface area contributed by atoms with Crippen LogP contribution in [0.3, 0.4) is 0 Å². The third-order valence-electron chi connectivity index (χ3n) is 5.99. The Morgan fingerprint density at radius 1 is 1.15 bits per heavy atom. The van der Waals surface area contributed by atoms with Gasteiger partial charge in [0.1, 0.15) is 17.4 Å². The number of nitriles is 1. The molecular weight excluding hydrogens is 418 g/mol. The van der Waals surface area contributed by atoms with Crippen molar-refractivity contribution in [1.29, 1.82) is 5.26 Å². The minimum Gasteiger partial charge on any atom is -0.497 e. The number of hydrazine groups is 1. The summed E-state index contributed by atoms with van der Waals surface area (Å²) in [5.74, 6) is -0.377. The number of nitrogens with zero attached hydrogens (tertiary/aromatic N) is 2. The van der Waals surface area contributed by atoms with Gasteiger partial charge < -0.3 is 14.6 Å². The molecule has 0 aliphatic heterocycles. The zero-order valence-electron chi connectivity index (χ0n) is 19.4. The topological polar surface area (TPSA) is 108 Å². The predicted molar refractivity (Wildman–Crippen MR) is 127 cm³/mol. The zero-order valence-corrected chi connectivity index (χ0v) is 19.4. The molecule has 1 saturated carbocycles. The van der Waals surface area contributed by atoms with E-state index in [9.17, 15) is 14.9 Å². The normalized spacial score (nSPS) is 14.3. The Labute approximate surface area is 194 Å². The lowest BCUT2D eigenvalue weighted by Gasteiger charge is -2.26. The van der Waals surface area contributed by atoms with Gasteiger partial charge in [0.25, 0.3) is 11.8 Å². The van der Waals surface area contributed by atoms with Gasteiger partial charge in [-0.05, 0) is 68.7 Å². The molecule has 2 aromatic rings. The molecule has 0 atom stereocenters. The number of aryl methyl sites for hydroxylation is 1. The average Bonchev–Trinajstić information content (AvgIpc) is 3.12. The molecule has 8 heteroatoms. The van der Waals surface area contributed by atoms with E-state index in [1.807, 2.05) is 19.1 Å². The number of hydrogen-bond acceptors (Lipinski definition) is 5. The first-order chi connectivity index (χ1) is 15.9. The lowest BCUT2D eigenvalue weighted by atomic mass is 9.95. The van der Waals surface area contributed by atoms with Crippen LogP contribution in [0.4, 0.5) is 5.69 Å². The molecule has 1 aromatic carbocycles. The number of amides is 2. The smallest absolute Gasteiger partial charge is 0.280 e. The Morgan fingerprint density at radius 2 is 1.85 bits per heavy atom. The standard InChI is InChI=1S/C25H31N5O3/c1-17-13-19(18(2)30(17)22-7-5-4-6-8-22)14-20(15-26)25(32)29-28-24(31)16-27-21-9-11-23(33-3)12-10-21/h9-14,22,27H,4-8,16H2,1-3H3,(H,28,31)(H,29,32)/b20-14+. The van der Waals surface area contributed by atoms with Gasteiger partial charge in [0.15, 0.2) is 0 Å². The van der Waals surface area contributed by atoms with Gasteiger partial charge in [0, 0.05) is 23.1 Å². The maximum atomic E-state index is 12.5. The van der Waals surface area contributed by atoms with E-state index >= 15 is 0 Å². The van der Waals surface area contributed by atoms with Gasteiger partial charge in [0.05, 0.1) is 13.7 Å². The van der Waals surface area contributed by atoms with Crippen molar-refractivity contribution in [1.82, 2.24) is 15.4 Å². The second-order valence-corrected chi connectivity index (χ2v) is 8.24. The summed E-state index contributed by atoms with van der Waals surface area (Å²) in [6.07, 6.45) is 7.63. The number of ether oxygens (including phenoxy) is 1. The van der Waals surface area contributed by atoms with Crippen molar-refractivity contribution < 1.29 is 14.3 Å². The quantitative estimate of drug-likeness (QED) is 0.339. The average molecular weight is 450 g/mol. The molecule has 0 radical (unpaired) electrons. The van der Waals surface area contributed by atoms with Gasteiger partial charge >= 0.3 is 0 Å². The van der Waals surface area contributed by atoms with Gasteiger partial charge in [-0.15, -0.1) is 0 Å². The number of aromatic nitrogens is 1. The van der Waals surface area contributed by atoms with E-state index < -0.39 is 11.8 Å². The monoisotopic (exact) mass is 449 g/mol. The van der Waals surface area contributed by atoms with Crippen LogP contribution in [0.1, 0.15) is 55.1 Å². The summed E-state index contributed by atoms with van der Waals surface area (Å²) >= 11 is 0. The molecule has 0 saturated heterocycles. The molecule has 174 valence electrons. The largest absolute Gasteiger partial charge is 0.497 e. The summed E-state index contributed by atoms with van der Waals surface area (Å²) in [6, 6.07) is 11.5. The SMILES string of the molecule is COc1ccc(NCC(=O)NNC(=O)/C(C#N)=C/c2cc(C)n(C3CCCCC3)c2C)cc1. The maximum Gasteiger partial charge on any atom is 0.280 e. The second-order valence-electron chi connectivity index (χ2n) is 8.24. The van der Waals surface area contributed by atoms with Crippen LogP contribution in [0.2, 0.25) is 0 Å². The zero-order chi connectivity index (χ0) is 23.8. The van der Waals surface area contributed by atoms with Crippen LogP contribution in [-0.2, 0) is 9.59 Å². The summed E-state index contributed by atoms with van der Waals surface area (Å²) in [5.41, 5.74) is 8.34. The second kappa shape index (κ2) is 11.2. The van der Waals surface area contributed by atoms with Crippen LogP contribution in [0, 0.1) is 25.2 Å². The molecule has 8 nitrogen and oxygen atoms in total. The van der Waals surface area contributed by atoms with Crippen molar-refractivity contribution in [3.8, 4) is 11.8 Å². The van der Waals surface area contributed by atoms with Gasteiger partial charge in [-0.1, -0.05) is 19.3 Å². The van der Waals surface area contributed by atoms with Gasteiger partial charge in [-0.3, -0.25) is 20.4 Å². The van der Waals surface area contributed by atoms with Crippen LogP contribution < -0.4 is 20.9 Å². The van der Waals surface area contributed by atoms with Crippen molar-refractivity contribution >= 4 is 23.6 Å². The Morgan fingerprint density at radius 3 is 2.48 bits per heavy atom. The Kier molecular flexibility index (Phi) is 8.14. The third-order valence-corrected chi connectivity index (χ3v) is 5.99. The molecule has 1 aromatic heterocycles. The maximum absolute atomic E-state index is 12.5. The van der Waals surface area contributed by atoms with E-state index in [1.54, 1.807) is 37.5 Å². The highest BCUT2D eigenvalue weighted by molar-refractivity contribution is 6.02. The van der Waals surface area contributed by atoms with Crippen molar-refractivity contribution in [3.63, 3.8) is 0 Å². The fourth-order valence-electron chi connectivity index (χ4n) is 4.28. The van der Waals surface area contributed by atoms with E-state index in [2.05, 4.69) is 27.7 Å². The summed E-state index contributed by atoms with van der Waals surface area (Å²) < 4.78 is 7.42. The number of hydrogen-bond donors (Lipinski definition) is 3. The summed E-state index contributed by atoms with van der Waals surface area (Å²) in [5, 5.41) is 12.5. The first-order valence-electron chi connectivity index (χ1n) is 11.2. The number of benzene rings is 1. The fraction of sp³-hybridized carbons (Fsp3) is 0.400. The van der Waals surface area contributed by atoms with Gasteiger partial charge in [-0.25, -0.2) is 0 Å². The number of carbonyl (C=O) groups is 2. The number of carbonyl (C=O) groups excluding carboxylic acids is 2. The molecule has 3 N–H and O–H groups in total. The van der Waals surface area contributed by atoms with E-state index in [-0.39, 0.29) is 12.1 Å². The lowest BCUT2D eigenvalue weighted by Crippen LogP contribution is -2.44. The van der Waals surface area contributed by atoms with Crippen LogP contribution >= 0.6 is 0 Å². The van der Waals surface area contributed by atoms with Crippen LogP contribution in [0.5, 0.6) is 5.75 Å². The van der Waals surface area contributed by atoms with Crippen LogP contribution in [0.25, 0.3) is 6.08 Å². The summed E-state index contributed by atoms with van der Waals surface area (Å²) in [6.45, 7) is 4.04. The molecule has 1 aliphatic rings. The van der Waals surface area contributed by atoms with E-state index in [1.165, 1.54) is 19.3 Å². The molecule has 1 aliphatic carbocycles. The molecular formula is C25H31N5O3. The number of methoxy groups -OCH3 is 1. The minimum absolute atomic E-state index is 0.0409. The highest BCUT2D eigenvalue weighted by Crippen LogP contribution is 2.32. The van der Waals surface area contributed by atoms with Crippen LogP contribution in [-0.4, -0.2) is 30.0 Å². The number of rotatable bonds is 7. The molecule has 0 bridgehead atoms. The molecule has 1 fully saturated rings. The van der Waals surface area contributed by atoms with E-state index in [0.717, 1.165) is 35.5 Å². The van der Waals surface area contributed by atoms with Crippen molar-refractivity contribution in [3.05, 3.63) is 52.9 Å². The molecule has 3 rings (SSSR count). The Bertz CT molecular complexity index is 1060. The van der Waals surface area contributed by atoms with Gasteiger partial charge in [0.2, 0.25) is 0 Å². The first-order valence-corrected chi connectivity index (χ1v) is 11.2. The number of nitrogens with one attached hydrogen (secondary N) is 3. The van der Waals surface area contributed by atoms with Crippen LogP contribution in [0.15, 0.2) is 35.9 Å². The molecule has 0 spiro atoms. The third kappa shape index (κ3) is 6.16. The van der Waals surface area contributed by atoms with E-state index in [4.69, 9.17) is 4.74 Å². The number of anilines is 1. The van der Waals surface area contributed by atoms with E-state index in [0.29, 0.717) is 11.8 Å². The van der Waals surface area contributed by atoms with Crippen molar-refractivity contribution in [2.45, 2.75) is 52.0 Å². The molecule has 0 unspecified atom stereocenters. The lowest BCUT2D eigenvalue weighted by molar-refractivity contribution is -0.125. The summed E-state index contributed by atoms with van der Waals surface area (Å²) in [7, 11) is 1.58. The molecule has 33 heavy (non-hydrogen) atoms. The van der Waals surface area contributed by atoms with Crippen molar-refractivity contribution in [2.24, 2.45) is 0 Å².